The Hall–Kier alpha value is -5.02. The lowest BCUT2D eigenvalue weighted by Crippen LogP contribution is -2.34. The Labute approximate surface area is 237 Å². The van der Waals surface area contributed by atoms with E-state index < -0.39 is 6.04 Å². The van der Waals surface area contributed by atoms with Crippen molar-refractivity contribution in [2.45, 2.75) is 32.6 Å². The van der Waals surface area contributed by atoms with Crippen LogP contribution in [0.15, 0.2) is 113 Å². The van der Waals surface area contributed by atoms with Gasteiger partial charge in [0.2, 0.25) is 0 Å². The molecule has 3 heterocycles. The molecule has 3 aromatic carbocycles. The zero-order chi connectivity index (χ0) is 28.0. The number of H-pyrrole nitrogens is 1. The van der Waals surface area contributed by atoms with E-state index in [9.17, 15) is 4.79 Å². The van der Waals surface area contributed by atoms with E-state index >= 15 is 0 Å². The fourth-order valence-corrected chi connectivity index (χ4v) is 5.10. The third kappa shape index (κ3) is 5.95. The van der Waals surface area contributed by atoms with E-state index in [4.69, 9.17) is 9.15 Å². The SMILES string of the molecule is CCOc1ccc2[nH]c(=O)c([C@H](c3nnnn3Cc3ccccc3)N(Cc3ccccc3)Cc3ccco3)cc2c1. The second-order valence-electron chi connectivity index (χ2n) is 9.79. The molecule has 0 saturated heterocycles. The number of hydrogen-bond acceptors (Lipinski definition) is 7. The van der Waals surface area contributed by atoms with E-state index in [2.05, 4.69) is 37.5 Å². The van der Waals surface area contributed by atoms with Gasteiger partial charge in [0.1, 0.15) is 17.6 Å². The first kappa shape index (κ1) is 26.2. The van der Waals surface area contributed by atoms with Crippen molar-refractivity contribution in [1.29, 1.82) is 0 Å². The molecule has 0 amide bonds. The Balaban J connectivity index is 1.52. The van der Waals surface area contributed by atoms with Gasteiger partial charge in [0.25, 0.3) is 5.56 Å². The van der Waals surface area contributed by atoms with E-state index in [1.165, 1.54) is 0 Å². The fourth-order valence-electron chi connectivity index (χ4n) is 5.10. The Bertz CT molecular complexity index is 1760. The van der Waals surface area contributed by atoms with Crippen LogP contribution in [0.2, 0.25) is 0 Å². The average molecular weight is 547 g/mol. The van der Waals surface area contributed by atoms with E-state index in [0.717, 1.165) is 33.5 Å². The van der Waals surface area contributed by atoms with Gasteiger partial charge >= 0.3 is 0 Å². The molecule has 0 saturated carbocycles. The quantitative estimate of drug-likeness (QED) is 0.234. The second kappa shape index (κ2) is 12.0. The van der Waals surface area contributed by atoms with Gasteiger partial charge in [-0.2, -0.15) is 0 Å². The lowest BCUT2D eigenvalue weighted by atomic mass is 10.0. The number of ether oxygens (including phenoxy) is 1. The average Bonchev–Trinajstić information content (AvgIpc) is 3.67. The van der Waals surface area contributed by atoms with E-state index in [1.54, 1.807) is 10.9 Å². The predicted octanol–water partition coefficient (Wildman–Crippen LogP) is 5.35. The van der Waals surface area contributed by atoms with Crippen LogP contribution < -0.4 is 10.3 Å². The number of fused-ring (bicyclic) bond motifs is 1. The molecule has 0 bridgehead atoms. The lowest BCUT2D eigenvalue weighted by molar-refractivity contribution is 0.179. The van der Waals surface area contributed by atoms with Crippen molar-refractivity contribution in [2.24, 2.45) is 0 Å². The predicted molar refractivity (Wildman–Crippen MR) is 155 cm³/mol. The Morgan fingerprint density at radius 2 is 1.71 bits per heavy atom. The van der Waals surface area contributed by atoms with E-state index in [0.29, 0.717) is 37.6 Å². The number of hydrogen-bond donors (Lipinski definition) is 1. The Morgan fingerprint density at radius 3 is 2.44 bits per heavy atom. The Morgan fingerprint density at radius 1 is 0.927 bits per heavy atom. The molecule has 0 unspecified atom stereocenters. The summed E-state index contributed by atoms with van der Waals surface area (Å²) in [5.41, 5.74) is 3.18. The molecule has 41 heavy (non-hydrogen) atoms. The first-order valence-corrected chi connectivity index (χ1v) is 13.6. The van der Waals surface area contributed by atoms with Crippen LogP contribution in [0, 0.1) is 0 Å². The summed E-state index contributed by atoms with van der Waals surface area (Å²) in [7, 11) is 0. The Kier molecular flexibility index (Phi) is 7.68. The first-order valence-electron chi connectivity index (χ1n) is 13.6. The maximum absolute atomic E-state index is 13.8. The molecule has 0 aliphatic rings. The minimum atomic E-state index is -0.595. The smallest absolute Gasteiger partial charge is 0.253 e. The maximum atomic E-state index is 13.8. The summed E-state index contributed by atoms with van der Waals surface area (Å²) < 4.78 is 13.3. The van der Waals surface area contributed by atoms with Crippen molar-refractivity contribution in [1.82, 2.24) is 30.1 Å². The summed E-state index contributed by atoms with van der Waals surface area (Å²) in [6.07, 6.45) is 1.66. The molecule has 206 valence electrons. The molecule has 0 aliphatic carbocycles. The van der Waals surface area contributed by atoms with Crippen LogP contribution >= 0.6 is 0 Å². The van der Waals surface area contributed by atoms with Gasteiger partial charge in [-0.05, 0) is 64.9 Å². The highest BCUT2D eigenvalue weighted by atomic mass is 16.5. The van der Waals surface area contributed by atoms with Gasteiger partial charge in [-0.25, -0.2) is 4.68 Å². The molecular weight excluding hydrogens is 516 g/mol. The molecular formula is C32H30N6O3. The number of tetrazole rings is 1. The fraction of sp³-hybridized carbons (Fsp3) is 0.188. The van der Waals surface area contributed by atoms with E-state index in [1.807, 2.05) is 91.9 Å². The van der Waals surface area contributed by atoms with Crippen molar-refractivity contribution >= 4 is 10.9 Å². The van der Waals surface area contributed by atoms with Gasteiger partial charge in [-0.15, -0.1) is 5.10 Å². The zero-order valence-electron chi connectivity index (χ0n) is 22.7. The van der Waals surface area contributed by atoms with Crippen molar-refractivity contribution in [3.8, 4) is 5.75 Å². The number of rotatable bonds is 11. The van der Waals surface area contributed by atoms with Gasteiger partial charge in [-0.3, -0.25) is 9.69 Å². The van der Waals surface area contributed by atoms with Crippen molar-refractivity contribution in [3.63, 3.8) is 0 Å². The highest BCUT2D eigenvalue weighted by molar-refractivity contribution is 5.80. The third-order valence-corrected chi connectivity index (χ3v) is 6.96. The van der Waals surface area contributed by atoms with Crippen LogP contribution in [0.25, 0.3) is 10.9 Å². The molecule has 1 atom stereocenters. The molecule has 6 rings (SSSR count). The zero-order valence-corrected chi connectivity index (χ0v) is 22.7. The van der Waals surface area contributed by atoms with Gasteiger partial charge < -0.3 is 14.1 Å². The van der Waals surface area contributed by atoms with Crippen LogP contribution in [-0.4, -0.2) is 36.7 Å². The largest absolute Gasteiger partial charge is 0.494 e. The molecule has 0 spiro atoms. The standard InChI is InChI=1S/C32H30N6O3/c1-2-40-26-15-16-29-25(18-26)19-28(32(39)33-29)30(31-34-35-36-38(31)21-24-12-7-4-8-13-24)37(22-27-14-9-17-41-27)20-23-10-5-3-6-11-23/h3-19,30H,2,20-22H2,1H3,(H,33,39)/t30-/m1/s1. The van der Waals surface area contributed by atoms with Gasteiger partial charge in [0.15, 0.2) is 5.82 Å². The molecule has 1 N–H and O–H groups in total. The van der Waals surface area contributed by atoms with E-state index in [-0.39, 0.29) is 5.56 Å². The second-order valence-corrected chi connectivity index (χ2v) is 9.79. The summed E-state index contributed by atoms with van der Waals surface area (Å²) in [6.45, 7) is 3.91. The topological polar surface area (TPSA) is 102 Å². The van der Waals surface area contributed by atoms with Crippen molar-refractivity contribution in [2.75, 3.05) is 6.61 Å². The number of aromatic nitrogens is 5. The maximum Gasteiger partial charge on any atom is 0.253 e. The van der Waals surface area contributed by atoms with Crippen LogP contribution in [0.5, 0.6) is 5.75 Å². The number of benzene rings is 3. The summed E-state index contributed by atoms with van der Waals surface area (Å²) in [5.74, 6) is 2.06. The number of furan rings is 1. The molecule has 0 aliphatic heterocycles. The minimum absolute atomic E-state index is 0.210. The first-order chi connectivity index (χ1) is 20.2. The number of aromatic amines is 1. The molecule has 9 heteroatoms. The normalized spacial score (nSPS) is 12.1. The molecule has 0 fully saturated rings. The molecule has 3 aromatic heterocycles. The summed E-state index contributed by atoms with van der Waals surface area (Å²) in [5, 5.41) is 13.8. The lowest BCUT2D eigenvalue weighted by Gasteiger charge is -2.30. The molecule has 0 radical (unpaired) electrons. The van der Waals surface area contributed by atoms with Gasteiger partial charge in [0.05, 0.1) is 26.0 Å². The van der Waals surface area contributed by atoms with Crippen LogP contribution in [0.1, 0.15) is 41.2 Å². The van der Waals surface area contributed by atoms with Crippen molar-refractivity contribution < 1.29 is 9.15 Å². The summed E-state index contributed by atoms with van der Waals surface area (Å²) in [4.78, 5) is 19.0. The highest BCUT2D eigenvalue weighted by Gasteiger charge is 2.31. The van der Waals surface area contributed by atoms with Gasteiger partial charge in [-0.1, -0.05) is 60.7 Å². The van der Waals surface area contributed by atoms with Gasteiger partial charge in [0, 0.05) is 23.0 Å². The van der Waals surface area contributed by atoms with Crippen LogP contribution in [0.4, 0.5) is 0 Å². The number of pyridine rings is 1. The number of nitrogens with zero attached hydrogens (tertiary/aromatic N) is 5. The van der Waals surface area contributed by atoms with Crippen LogP contribution in [0.3, 0.4) is 0 Å². The highest BCUT2D eigenvalue weighted by Crippen LogP contribution is 2.31. The summed E-state index contributed by atoms with van der Waals surface area (Å²) >= 11 is 0. The summed E-state index contributed by atoms with van der Waals surface area (Å²) in [6, 6.07) is 30.9. The van der Waals surface area contributed by atoms with Crippen molar-refractivity contribution in [3.05, 3.63) is 142 Å². The molecule has 6 aromatic rings. The van der Waals surface area contributed by atoms with Crippen LogP contribution in [-0.2, 0) is 19.6 Å². The number of nitrogens with one attached hydrogen (secondary N) is 1. The minimum Gasteiger partial charge on any atom is -0.494 e. The monoisotopic (exact) mass is 546 g/mol. The third-order valence-electron chi connectivity index (χ3n) is 6.96. The molecule has 9 nitrogen and oxygen atoms in total.